The van der Waals surface area contributed by atoms with Crippen LogP contribution in [0.15, 0.2) is 66.9 Å². The van der Waals surface area contributed by atoms with E-state index < -0.39 is 0 Å². The van der Waals surface area contributed by atoms with Crippen LogP contribution < -0.4 is 11.5 Å². The third-order valence-electron chi connectivity index (χ3n) is 4.00. The summed E-state index contributed by atoms with van der Waals surface area (Å²) in [6.45, 7) is 0. The molecule has 4 rings (SSSR count). The number of nitrogen functional groups attached to an aromatic ring is 2. The minimum atomic E-state index is -0.0426. The molecule has 0 spiro atoms. The quantitative estimate of drug-likeness (QED) is 0.305. The molecule has 0 aliphatic carbocycles. The molecule has 0 fully saturated rings. The minimum Gasteiger partial charge on any atom is -0.399 e. The van der Waals surface area contributed by atoms with Gasteiger partial charge >= 0.3 is 0 Å². The van der Waals surface area contributed by atoms with Gasteiger partial charge in [0.15, 0.2) is 11.5 Å². The predicted molar refractivity (Wildman–Crippen MR) is 99.3 cm³/mol. The molecule has 0 bridgehead atoms. The fourth-order valence-corrected chi connectivity index (χ4v) is 2.73. The van der Waals surface area contributed by atoms with Crippen LogP contribution in [0.3, 0.4) is 0 Å². The number of benzene rings is 2. The van der Waals surface area contributed by atoms with Gasteiger partial charge in [0, 0.05) is 23.0 Å². The molecule has 2 aromatic heterocycles. The third-order valence-corrected chi connectivity index (χ3v) is 4.00. The highest BCUT2D eigenvalue weighted by Gasteiger charge is 2.14. The summed E-state index contributed by atoms with van der Waals surface area (Å²) in [5.74, 6) is 0.520. The zero-order valence-corrected chi connectivity index (χ0v) is 13.3. The first-order chi connectivity index (χ1) is 12.1. The number of nitrogens with zero attached hydrogens (tertiary/aromatic N) is 3. The summed E-state index contributed by atoms with van der Waals surface area (Å²) in [6.07, 6.45) is 1.89. The number of amidine groups is 1. The zero-order chi connectivity index (χ0) is 17.4. The Hall–Kier alpha value is -3.67. The smallest absolute Gasteiger partial charge is 0.182 e. The molecule has 25 heavy (non-hydrogen) atoms. The van der Waals surface area contributed by atoms with Crippen molar-refractivity contribution in [1.29, 1.82) is 5.41 Å². The molecular weight excluding hydrogens is 312 g/mol. The van der Waals surface area contributed by atoms with Crippen LogP contribution in [0.5, 0.6) is 0 Å². The van der Waals surface area contributed by atoms with E-state index in [2.05, 4.69) is 10.1 Å². The van der Waals surface area contributed by atoms with Gasteiger partial charge in [0.1, 0.15) is 5.84 Å². The molecule has 6 nitrogen and oxygen atoms in total. The molecule has 0 aliphatic rings. The van der Waals surface area contributed by atoms with E-state index in [0.29, 0.717) is 22.7 Å². The van der Waals surface area contributed by atoms with Crippen molar-refractivity contribution in [3.63, 3.8) is 0 Å². The van der Waals surface area contributed by atoms with Crippen LogP contribution in [0.25, 0.3) is 28.2 Å². The molecule has 0 radical (unpaired) electrons. The first-order valence-electron chi connectivity index (χ1n) is 7.78. The van der Waals surface area contributed by atoms with Crippen LogP contribution in [0.4, 0.5) is 5.69 Å². The van der Waals surface area contributed by atoms with Gasteiger partial charge in [-0.05, 0) is 35.9 Å². The summed E-state index contributed by atoms with van der Waals surface area (Å²) >= 11 is 0. The summed E-state index contributed by atoms with van der Waals surface area (Å²) in [7, 11) is 0. The first-order valence-corrected chi connectivity index (χ1v) is 7.78. The molecule has 0 amide bonds. The number of nitrogens with two attached hydrogens (primary N) is 2. The van der Waals surface area contributed by atoms with E-state index in [-0.39, 0.29) is 5.84 Å². The molecule has 2 aromatic carbocycles. The molecule has 0 saturated carbocycles. The highest BCUT2D eigenvalue weighted by Crippen LogP contribution is 2.24. The van der Waals surface area contributed by atoms with E-state index in [1.807, 2.05) is 66.9 Å². The van der Waals surface area contributed by atoms with Crippen molar-refractivity contribution >= 4 is 17.2 Å². The van der Waals surface area contributed by atoms with Crippen LogP contribution in [0.1, 0.15) is 5.56 Å². The van der Waals surface area contributed by atoms with Gasteiger partial charge in [0.25, 0.3) is 0 Å². The van der Waals surface area contributed by atoms with Gasteiger partial charge in [-0.2, -0.15) is 0 Å². The second-order valence-corrected chi connectivity index (χ2v) is 5.75. The molecule has 6 heteroatoms. The molecule has 0 aliphatic heterocycles. The number of anilines is 1. The van der Waals surface area contributed by atoms with Gasteiger partial charge in [-0.1, -0.05) is 30.3 Å². The van der Waals surface area contributed by atoms with Gasteiger partial charge in [0.05, 0.1) is 5.56 Å². The molecule has 0 unspecified atom stereocenters. The lowest BCUT2D eigenvalue weighted by molar-refractivity contribution is 0.965. The summed E-state index contributed by atoms with van der Waals surface area (Å²) in [5.41, 5.74) is 16.1. The van der Waals surface area contributed by atoms with Crippen molar-refractivity contribution < 1.29 is 0 Å². The van der Waals surface area contributed by atoms with Gasteiger partial charge < -0.3 is 11.5 Å². The van der Waals surface area contributed by atoms with Gasteiger partial charge in [0.2, 0.25) is 0 Å². The topological polar surface area (TPSA) is 106 Å². The van der Waals surface area contributed by atoms with Crippen molar-refractivity contribution in [2.75, 3.05) is 5.73 Å². The fraction of sp³-hybridized carbons (Fsp3) is 0. The number of hydrogen-bond acceptors (Lipinski definition) is 4. The Morgan fingerprint density at radius 2 is 1.64 bits per heavy atom. The molecule has 122 valence electrons. The Labute approximate surface area is 144 Å². The van der Waals surface area contributed by atoms with E-state index in [1.165, 1.54) is 0 Å². The van der Waals surface area contributed by atoms with Gasteiger partial charge in [-0.3, -0.25) is 5.41 Å². The number of fused-ring (bicyclic) bond motifs is 1. The fourth-order valence-electron chi connectivity index (χ4n) is 2.73. The molecular formula is C19H16N6. The Balaban J connectivity index is 1.92. The van der Waals surface area contributed by atoms with Gasteiger partial charge in [-0.15, -0.1) is 5.10 Å². The van der Waals surface area contributed by atoms with E-state index in [1.54, 1.807) is 4.52 Å². The normalized spacial score (nSPS) is 10.9. The molecule has 2 heterocycles. The van der Waals surface area contributed by atoms with Crippen molar-refractivity contribution in [2.45, 2.75) is 0 Å². The number of nitrogens with one attached hydrogen (secondary N) is 1. The maximum Gasteiger partial charge on any atom is 0.182 e. The van der Waals surface area contributed by atoms with Crippen LogP contribution in [-0.2, 0) is 0 Å². The Bertz CT molecular complexity index is 1060. The van der Waals surface area contributed by atoms with Crippen LogP contribution in [0, 0.1) is 5.41 Å². The van der Waals surface area contributed by atoms with Crippen molar-refractivity contribution in [3.8, 4) is 22.5 Å². The molecule has 0 saturated heterocycles. The number of hydrogen-bond donors (Lipinski definition) is 3. The van der Waals surface area contributed by atoms with E-state index in [4.69, 9.17) is 16.9 Å². The van der Waals surface area contributed by atoms with E-state index >= 15 is 0 Å². The third kappa shape index (κ3) is 2.70. The lowest BCUT2D eigenvalue weighted by Crippen LogP contribution is -2.13. The summed E-state index contributed by atoms with van der Waals surface area (Å²) < 4.78 is 1.67. The Morgan fingerprint density at radius 1 is 0.920 bits per heavy atom. The highest BCUT2D eigenvalue weighted by atomic mass is 15.3. The summed E-state index contributed by atoms with van der Waals surface area (Å²) in [4.78, 5) is 4.56. The highest BCUT2D eigenvalue weighted by molar-refractivity contribution is 6.01. The second kappa shape index (κ2) is 5.76. The van der Waals surface area contributed by atoms with E-state index in [9.17, 15) is 0 Å². The lowest BCUT2D eigenvalue weighted by Gasteiger charge is -2.06. The van der Waals surface area contributed by atoms with Crippen molar-refractivity contribution in [3.05, 3.63) is 72.4 Å². The first kappa shape index (κ1) is 14.9. The average molecular weight is 328 g/mol. The Morgan fingerprint density at radius 3 is 2.32 bits per heavy atom. The van der Waals surface area contributed by atoms with E-state index in [0.717, 1.165) is 16.7 Å². The molecule has 4 aromatic rings. The Kier molecular flexibility index (Phi) is 3.43. The predicted octanol–water partition coefficient (Wildman–Crippen LogP) is 2.93. The maximum atomic E-state index is 7.90. The number of rotatable bonds is 3. The SMILES string of the molecule is N=C(N)c1cc(-c2ccccc2)cn2nc(-c3ccc(N)cc3)nc12. The molecule has 5 N–H and O–H groups in total. The summed E-state index contributed by atoms with van der Waals surface area (Å²) in [5, 5.41) is 12.5. The number of pyridine rings is 1. The minimum absolute atomic E-state index is 0.0426. The van der Waals surface area contributed by atoms with Crippen molar-refractivity contribution in [1.82, 2.24) is 14.6 Å². The molecule has 0 atom stereocenters. The standard InChI is InChI=1S/C19H16N6/c20-15-8-6-13(7-9-15)18-23-19-16(17(21)22)10-14(11-25(19)24-18)12-4-2-1-3-5-12/h1-11H,20H2,(H3,21,22). The zero-order valence-electron chi connectivity index (χ0n) is 13.3. The van der Waals surface area contributed by atoms with Crippen LogP contribution in [-0.4, -0.2) is 20.4 Å². The van der Waals surface area contributed by atoms with Crippen LogP contribution >= 0.6 is 0 Å². The second-order valence-electron chi connectivity index (χ2n) is 5.75. The van der Waals surface area contributed by atoms with Gasteiger partial charge in [-0.25, -0.2) is 9.50 Å². The maximum absolute atomic E-state index is 7.90. The lowest BCUT2D eigenvalue weighted by atomic mass is 10.1. The monoisotopic (exact) mass is 328 g/mol. The summed E-state index contributed by atoms with van der Waals surface area (Å²) in [6, 6.07) is 19.1. The van der Waals surface area contributed by atoms with Crippen LogP contribution in [0.2, 0.25) is 0 Å². The largest absolute Gasteiger partial charge is 0.399 e. The average Bonchev–Trinajstić information content (AvgIpc) is 3.06. The number of aromatic nitrogens is 3. The van der Waals surface area contributed by atoms with Crippen molar-refractivity contribution in [2.24, 2.45) is 5.73 Å².